The van der Waals surface area contributed by atoms with Gasteiger partial charge in [0, 0.05) is 26.9 Å². The van der Waals surface area contributed by atoms with Gasteiger partial charge in [-0.3, -0.25) is 4.79 Å². The highest BCUT2D eigenvalue weighted by Gasteiger charge is 2.08. The number of hydrazone groups is 1. The van der Waals surface area contributed by atoms with Crippen molar-refractivity contribution in [3.8, 4) is 11.5 Å². The lowest BCUT2D eigenvalue weighted by atomic mass is 10.2. The number of methoxy groups -OCH3 is 1. The highest BCUT2D eigenvalue weighted by atomic mass is 35.5. The van der Waals surface area contributed by atoms with E-state index in [4.69, 9.17) is 38.4 Å². The maximum Gasteiger partial charge on any atom is 0.271 e. The first-order valence-electron chi connectivity index (χ1n) is 8.90. The molecule has 0 aromatic heterocycles. The van der Waals surface area contributed by atoms with Gasteiger partial charge in [0.2, 0.25) is 0 Å². The van der Waals surface area contributed by atoms with E-state index in [9.17, 15) is 4.79 Å². The second-order valence-electron chi connectivity index (χ2n) is 6.26. The molecule has 0 aliphatic carbocycles. The quantitative estimate of drug-likeness (QED) is 0.308. The van der Waals surface area contributed by atoms with Crippen LogP contribution in [-0.2, 0) is 6.61 Å². The zero-order valence-corrected chi connectivity index (χ0v) is 17.6. The van der Waals surface area contributed by atoms with E-state index < -0.39 is 0 Å². The fraction of sp³-hybridized carbons (Fsp3) is 0.0909. The lowest BCUT2D eigenvalue weighted by molar-refractivity contribution is 0.0955. The number of benzene rings is 3. The molecule has 0 unspecified atom stereocenters. The number of hydrogen-bond donors (Lipinski definition) is 2. The Hall–Kier alpha value is -3.22. The minimum Gasteiger partial charge on any atom is -0.493 e. The smallest absolute Gasteiger partial charge is 0.271 e. The Bertz CT molecular complexity index is 1090. The molecule has 0 aliphatic rings. The van der Waals surface area contributed by atoms with Crippen molar-refractivity contribution in [3.05, 3.63) is 87.4 Å². The molecule has 0 bridgehead atoms. The molecule has 0 aliphatic heterocycles. The second-order valence-corrected chi connectivity index (χ2v) is 7.10. The predicted molar refractivity (Wildman–Crippen MR) is 120 cm³/mol. The average molecular weight is 444 g/mol. The number of amides is 1. The van der Waals surface area contributed by atoms with E-state index >= 15 is 0 Å². The summed E-state index contributed by atoms with van der Waals surface area (Å²) in [5.74, 6) is 0.709. The number of nitrogen functional groups attached to an aromatic ring is 1. The van der Waals surface area contributed by atoms with Gasteiger partial charge in [-0.25, -0.2) is 5.43 Å². The maximum absolute atomic E-state index is 12.1. The number of hydrogen-bond acceptors (Lipinski definition) is 5. The average Bonchev–Trinajstić information content (AvgIpc) is 2.73. The number of carbonyl (C=O) groups excluding carboxylic acids is 1. The number of nitrogens with zero attached hydrogens (tertiary/aromatic N) is 1. The SMILES string of the molecule is COc1cc(/C=N\NC(=O)c2cccc(N)c2)ccc1OCc1ccc(Cl)cc1Cl. The first-order chi connectivity index (χ1) is 14.5. The number of nitrogens with one attached hydrogen (secondary N) is 1. The van der Waals surface area contributed by atoms with Gasteiger partial charge >= 0.3 is 0 Å². The van der Waals surface area contributed by atoms with Crippen LogP contribution in [0.1, 0.15) is 21.5 Å². The molecule has 3 aromatic rings. The number of nitrogens with two attached hydrogens (primary N) is 1. The Balaban J connectivity index is 1.64. The summed E-state index contributed by atoms with van der Waals surface area (Å²) >= 11 is 12.1. The Labute approximate surface area is 184 Å². The van der Waals surface area contributed by atoms with Crippen molar-refractivity contribution in [1.82, 2.24) is 5.43 Å². The molecule has 0 spiro atoms. The molecule has 154 valence electrons. The molecule has 0 atom stereocenters. The van der Waals surface area contributed by atoms with Crippen LogP contribution in [0.25, 0.3) is 0 Å². The molecular weight excluding hydrogens is 425 g/mol. The summed E-state index contributed by atoms with van der Waals surface area (Å²) in [6.45, 7) is 0.260. The molecule has 30 heavy (non-hydrogen) atoms. The van der Waals surface area contributed by atoms with E-state index in [2.05, 4.69) is 10.5 Å². The third-order valence-corrected chi connectivity index (χ3v) is 4.70. The zero-order valence-electron chi connectivity index (χ0n) is 16.1. The van der Waals surface area contributed by atoms with Crippen LogP contribution in [0.2, 0.25) is 10.0 Å². The number of anilines is 1. The summed E-state index contributed by atoms with van der Waals surface area (Å²) in [5, 5.41) is 5.07. The largest absolute Gasteiger partial charge is 0.493 e. The summed E-state index contributed by atoms with van der Waals surface area (Å²) in [6, 6.07) is 17.1. The molecule has 3 N–H and O–H groups in total. The molecule has 0 heterocycles. The number of halogens is 2. The monoisotopic (exact) mass is 443 g/mol. The number of ether oxygens (including phenoxy) is 2. The standard InChI is InChI=1S/C22H19Cl2N3O3/c1-29-21-9-14(12-26-27-22(28)15-3-2-4-18(25)10-15)5-8-20(21)30-13-16-6-7-17(23)11-19(16)24/h2-12H,13,25H2,1H3,(H,27,28)/b26-12-. The first kappa shape index (κ1) is 21.5. The molecule has 0 radical (unpaired) electrons. The first-order valence-corrected chi connectivity index (χ1v) is 9.65. The van der Waals surface area contributed by atoms with Crippen LogP contribution in [0, 0.1) is 0 Å². The van der Waals surface area contributed by atoms with Gasteiger partial charge < -0.3 is 15.2 Å². The highest BCUT2D eigenvalue weighted by molar-refractivity contribution is 6.35. The van der Waals surface area contributed by atoms with Crippen LogP contribution in [0.15, 0.2) is 65.8 Å². The molecule has 0 saturated heterocycles. The zero-order chi connectivity index (χ0) is 21.5. The topological polar surface area (TPSA) is 85.9 Å². The summed E-state index contributed by atoms with van der Waals surface area (Å²) in [4.78, 5) is 12.1. The summed E-state index contributed by atoms with van der Waals surface area (Å²) in [5.41, 5.74) is 10.6. The van der Waals surface area contributed by atoms with Crippen molar-refractivity contribution in [2.45, 2.75) is 6.61 Å². The van der Waals surface area contributed by atoms with Crippen molar-refractivity contribution in [3.63, 3.8) is 0 Å². The van der Waals surface area contributed by atoms with Crippen molar-refractivity contribution in [2.24, 2.45) is 5.10 Å². The van der Waals surface area contributed by atoms with Gasteiger partial charge in [0.05, 0.1) is 13.3 Å². The Morgan fingerprint density at radius 3 is 2.67 bits per heavy atom. The van der Waals surface area contributed by atoms with Gasteiger partial charge in [0.1, 0.15) is 6.61 Å². The van der Waals surface area contributed by atoms with E-state index in [1.807, 2.05) is 0 Å². The van der Waals surface area contributed by atoms with Crippen LogP contribution in [0.4, 0.5) is 5.69 Å². The molecule has 3 aromatic carbocycles. The molecule has 0 fully saturated rings. The summed E-state index contributed by atoms with van der Waals surface area (Å²) < 4.78 is 11.2. The fourth-order valence-corrected chi connectivity index (χ4v) is 3.05. The number of carbonyl (C=O) groups is 1. The predicted octanol–water partition coefficient (Wildman–Crippen LogP) is 4.93. The number of rotatable bonds is 7. The highest BCUT2D eigenvalue weighted by Crippen LogP contribution is 2.29. The molecule has 1 amide bonds. The van der Waals surface area contributed by atoms with Crippen molar-refractivity contribution >= 4 is 41.0 Å². The van der Waals surface area contributed by atoms with Gasteiger partial charge in [-0.1, -0.05) is 35.3 Å². The van der Waals surface area contributed by atoms with Crippen molar-refractivity contribution < 1.29 is 14.3 Å². The Morgan fingerprint density at radius 1 is 1.10 bits per heavy atom. The normalized spacial score (nSPS) is 10.8. The van der Waals surface area contributed by atoms with Crippen LogP contribution in [0.3, 0.4) is 0 Å². The minimum atomic E-state index is -0.356. The fourth-order valence-electron chi connectivity index (χ4n) is 2.59. The van der Waals surface area contributed by atoms with Gasteiger partial charge in [-0.05, 0) is 54.1 Å². The Morgan fingerprint density at radius 2 is 1.93 bits per heavy atom. The van der Waals surface area contributed by atoms with Crippen LogP contribution in [-0.4, -0.2) is 19.2 Å². The Kier molecular flexibility index (Phi) is 7.17. The lowest BCUT2D eigenvalue weighted by Crippen LogP contribution is -2.17. The van der Waals surface area contributed by atoms with E-state index in [0.29, 0.717) is 32.8 Å². The molecule has 8 heteroatoms. The third kappa shape index (κ3) is 5.65. The summed E-state index contributed by atoms with van der Waals surface area (Å²) in [6.07, 6.45) is 1.51. The van der Waals surface area contributed by atoms with E-state index in [0.717, 1.165) is 11.1 Å². The van der Waals surface area contributed by atoms with E-state index in [1.165, 1.54) is 6.21 Å². The van der Waals surface area contributed by atoms with Crippen LogP contribution >= 0.6 is 23.2 Å². The van der Waals surface area contributed by atoms with Gasteiger partial charge in [0.25, 0.3) is 5.91 Å². The van der Waals surface area contributed by atoms with Gasteiger partial charge in [0.15, 0.2) is 11.5 Å². The molecule has 0 saturated carbocycles. The van der Waals surface area contributed by atoms with Crippen LogP contribution in [0.5, 0.6) is 11.5 Å². The lowest BCUT2D eigenvalue weighted by Gasteiger charge is -2.12. The maximum atomic E-state index is 12.1. The molecular formula is C22H19Cl2N3O3. The van der Waals surface area contributed by atoms with Gasteiger partial charge in [-0.15, -0.1) is 0 Å². The third-order valence-electron chi connectivity index (χ3n) is 4.11. The van der Waals surface area contributed by atoms with Crippen LogP contribution < -0.4 is 20.6 Å². The van der Waals surface area contributed by atoms with E-state index in [-0.39, 0.29) is 12.5 Å². The molecule has 6 nitrogen and oxygen atoms in total. The molecule has 3 rings (SSSR count). The van der Waals surface area contributed by atoms with Crippen molar-refractivity contribution in [2.75, 3.05) is 12.8 Å². The summed E-state index contributed by atoms with van der Waals surface area (Å²) in [7, 11) is 1.54. The van der Waals surface area contributed by atoms with E-state index in [1.54, 1.807) is 67.8 Å². The minimum absolute atomic E-state index is 0.260. The van der Waals surface area contributed by atoms with Crippen molar-refractivity contribution in [1.29, 1.82) is 0 Å². The second kappa shape index (κ2) is 10.0. The van der Waals surface area contributed by atoms with Gasteiger partial charge in [-0.2, -0.15) is 5.10 Å².